The number of nitrogens with zero attached hydrogens (tertiary/aromatic N) is 1. The summed E-state index contributed by atoms with van der Waals surface area (Å²) in [4.78, 5) is 2.31. The van der Waals surface area contributed by atoms with Crippen LogP contribution in [0.25, 0.3) is 0 Å². The van der Waals surface area contributed by atoms with E-state index >= 15 is 0 Å². The van der Waals surface area contributed by atoms with Gasteiger partial charge in [0.15, 0.2) is 0 Å². The van der Waals surface area contributed by atoms with Crippen LogP contribution in [0.2, 0.25) is 0 Å². The average Bonchev–Trinajstić information content (AvgIpc) is 2.85. The predicted octanol–water partition coefficient (Wildman–Crippen LogP) is 0.617. The van der Waals surface area contributed by atoms with Gasteiger partial charge in [0.1, 0.15) is 0 Å². The Balaban J connectivity index is 1.52. The Bertz CT molecular complexity index is 276. The van der Waals surface area contributed by atoms with E-state index in [9.17, 15) is 5.11 Å². The normalized spacial score (nSPS) is 26.7. The summed E-state index contributed by atoms with van der Waals surface area (Å²) in [6, 6.07) is 0. The van der Waals surface area contributed by atoms with Crippen molar-refractivity contribution in [1.82, 2.24) is 10.2 Å². The van der Waals surface area contributed by atoms with E-state index in [1.807, 2.05) is 0 Å². The summed E-state index contributed by atoms with van der Waals surface area (Å²) in [7, 11) is 4.28. The zero-order valence-corrected chi connectivity index (χ0v) is 12.9. The van der Waals surface area contributed by atoms with Crippen molar-refractivity contribution in [2.45, 2.75) is 49.9 Å². The van der Waals surface area contributed by atoms with Gasteiger partial charge >= 0.3 is 0 Å². The minimum absolute atomic E-state index is 0.238. The second-order valence-electron chi connectivity index (χ2n) is 6.43. The van der Waals surface area contributed by atoms with Gasteiger partial charge in [-0.2, -0.15) is 0 Å². The molecular weight excluding hydrogens is 256 g/mol. The first-order valence-electron chi connectivity index (χ1n) is 7.88. The van der Waals surface area contributed by atoms with Crippen molar-refractivity contribution in [3.63, 3.8) is 0 Å². The average molecular weight is 286 g/mol. The molecular formula is C15H30N2O3. The lowest BCUT2D eigenvalue weighted by molar-refractivity contribution is -0.0181. The maximum Gasteiger partial charge on any atom is 0.0897 e. The summed E-state index contributed by atoms with van der Waals surface area (Å²) in [6.07, 6.45) is 5.83. The molecule has 5 heteroatoms. The summed E-state index contributed by atoms with van der Waals surface area (Å²) < 4.78 is 11.0. The molecule has 1 heterocycles. The molecule has 0 bridgehead atoms. The second-order valence-corrected chi connectivity index (χ2v) is 6.43. The third-order valence-electron chi connectivity index (χ3n) is 4.70. The van der Waals surface area contributed by atoms with E-state index in [4.69, 9.17) is 9.47 Å². The van der Waals surface area contributed by atoms with Gasteiger partial charge in [0.05, 0.1) is 25.4 Å². The van der Waals surface area contributed by atoms with Crippen LogP contribution in [0.15, 0.2) is 0 Å². The van der Waals surface area contributed by atoms with Crippen LogP contribution in [0.4, 0.5) is 0 Å². The predicted molar refractivity (Wildman–Crippen MR) is 78.9 cm³/mol. The van der Waals surface area contributed by atoms with Gasteiger partial charge in [-0.05, 0) is 46.2 Å². The van der Waals surface area contributed by atoms with Gasteiger partial charge in [-0.15, -0.1) is 0 Å². The number of rotatable bonds is 9. The van der Waals surface area contributed by atoms with Crippen LogP contribution < -0.4 is 5.32 Å². The third-order valence-corrected chi connectivity index (χ3v) is 4.70. The Morgan fingerprint density at radius 2 is 2.20 bits per heavy atom. The van der Waals surface area contributed by atoms with E-state index < -0.39 is 6.10 Å². The smallest absolute Gasteiger partial charge is 0.0897 e. The Morgan fingerprint density at radius 3 is 2.75 bits per heavy atom. The van der Waals surface area contributed by atoms with Gasteiger partial charge in [-0.25, -0.2) is 0 Å². The van der Waals surface area contributed by atoms with E-state index in [1.54, 1.807) is 0 Å². The van der Waals surface area contributed by atoms with E-state index in [0.717, 1.165) is 26.0 Å². The number of hydrogen-bond donors (Lipinski definition) is 2. The summed E-state index contributed by atoms with van der Waals surface area (Å²) in [6.45, 7) is 3.40. The topological polar surface area (TPSA) is 54.0 Å². The van der Waals surface area contributed by atoms with Crippen LogP contribution >= 0.6 is 0 Å². The third kappa shape index (κ3) is 4.40. The van der Waals surface area contributed by atoms with Crippen LogP contribution in [0, 0.1) is 0 Å². The zero-order chi connectivity index (χ0) is 14.4. The molecule has 1 saturated heterocycles. The molecule has 2 unspecified atom stereocenters. The molecule has 2 fully saturated rings. The molecule has 5 nitrogen and oxygen atoms in total. The highest BCUT2D eigenvalue weighted by Gasteiger charge is 2.38. The quantitative estimate of drug-likeness (QED) is 0.651. The van der Waals surface area contributed by atoms with Gasteiger partial charge in [0.2, 0.25) is 0 Å². The zero-order valence-electron chi connectivity index (χ0n) is 12.9. The fourth-order valence-corrected chi connectivity index (χ4v) is 3.01. The number of ether oxygens (including phenoxy) is 2. The van der Waals surface area contributed by atoms with E-state index in [-0.39, 0.29) is 6.10 Å². The van der Waals surface area contributed by atoms with Gasteiger partial charge in [0.25, 0.3) is 0 Å². The first-order valence-corrected chi connectivity index (χ1v) is 7.88. The summed E-state index contributed by atoms with van der Waals surface area (Å²) in [5.41, 5.74) is 0.304. The van der Waals surface area contributed by atoms with E-state index in [0.29, 0.717) is 25.3 Å². The van der Waals surface area contributed by atoms with Crippen LogP contribution in [0.5, 0.6) is 0 Å². The highest BCUT2D eigenvalue weighted by atomic mass is 16.5. The van der Waals surface area contributed by atoms with Gasteiger partial charge < -0.3 is 24.8 Å². The summed E-state index contributed by atoms with van der Waals surface area (Å²) in [5, 5.41) is 13.3. The SMILES string of the molecule is CN(C)C1(CNCC(O)COCC2CCCO2)CCC1. The molecule has 118 valence electrons. The molecule has 0 spiro atoms. The van der Waals surface area contributed by atoms with Crippen LogP contribution in [-0.4, -0.2) is 74.8 Å². The molecule has 1 aliphatic carbocycles. The highest BCUT2D eigenvalue weighted by Crippen LogP contribution is 2.35. The summed E-state index contributed by atoms with van der Waals surface area (Å²) >= 11 is 0. The molecule has 2 aliphatic rings. The molecule has 0 aromatic carbocycles. The molecule has 1 saturated carbocycles. The van der Waals surface area contributed by atoms with Gasteiger partial charge in [-0.3, -0.25) is 0 Å². The van der Waals surface area contributed by atoms with Gasteiger partial charge in [-0.1, -0.05) is 0 Å². The Morgan fingerprint density at radius 1 is 1.40 bits per heavy atom. The van der Waals surface area contributed by atoms with E-state index in [2.05, 4.69) is 24.3 Å². The largest absolute Gasteiger partial charge is 0.389 e. The molecule has 0 aromatic rings. The molecule has 1 aliphatic heterocycles. The fraction of sp³-hybridized carbons (Fsp3) is 1.00. The van der Waals surface area contributed by atoms with Crippen LogP contribution in [-0.2, 0) is 9.47 Å². The van der Waals surface area contributed by atoms with Crippen molar-refractivity contribution < 1.29 is 14.6 Å². The fourth-order valence-electron chi connectivity index (χ4n) is 3.01. The molecule has 2 atom stereocenters. The highest BCUT2D eigenvalue weighted by molar-refractivity contribution is 4.97. The Labute approximate surface area is 122 Å². The number of likely N-dealkylation sites (N-methyl/N-ethyl adjacent to an activating group) is 1. The van der Waals surface area contributed by atoms with Crippen molar-refractivity contribution in [1.29, 1.82) is 0 Å². The van der Waals surface area contributed by atoms with Crippen molar-refractivity contribution in [3.8, 4) is 0 Å². The maximum atomic E-state index is 9.91. The Hall–Kier alpha value is -0.200. The lowest BCUT2D eigenvalue weighted by Gasteiger charge is -2.47. The molecule has 0 aromatic heterocycles. The van der Waals surface area contributed by atoms with Gasteiger partial charge in [0, 0.05) is 25.2 Å². The minimum atomic E-state index is -0.435. The molecule has 2 rings (SSSR count). The summed E-state index contributed by atoms with van der Waals surface area (Å²) in [5.74, 6) is 0. The lowest BCUT2D eigenvalue weighted by Crippen LogP contribution is -2.57. The first-order chi connectivity index (χ1) is 9.62. The van der Waals surface area contributed by atoms with Crippen molar-refractivity contribution in [3.05, 3.63) is 0 Å². The molecule has 2 N–H and O–H groups in total. The monoisotopic (exact) mass is 286 g/mol. The number of hydrogen-bond acceptors (Lipinski definition) is 5. The molecule has 0 radical (unpaired) electrons. The van der Waals surface area contributed by atoms with Crippen LogP contribution in [0.1, 0.15) is 32.1 Å². The number of aliphatic hydroxyl groups excluding tert-OH is 1. The minimum Gasteiger partial charge on any atom is -0.389 e. The van der Waals surface area contributed by atoms with Crippen LogP contribution in [0.3, 0.4) is 0 Å². The second kappa shape index (κ2) is 7.71. The maximum absolute atomic E-state index is 9.91. The Kier molecular flexibility index (Phi) is 6.23. The van der Waals surface area contributed by atoms with E-state index in [1.165, 1.54) is 19.3 Å². The van der Waals surface area contributed by atoms with Crippen molar-refractivity contribution in [2.24, 2.45) is 0 Å². The molecule has 0 amide bonds. The number of aliphatic hydroxyl groups is 1. The number of nitrogens with one attached hydrogen (secondary N) is 1. The van der Waals surface area contributed by atoms with Crippen molar-refractivity contribution in [2.75, 3.05) is 47.0 Å². The standard InChI is InChI=1S/C15H30N2O3/c1-17(2)15(6-4-7-15)12-16-9-13(18)10-19-11-14-5-3-8-20-14/h13-14,16,18H,3-12H2,1-2H3. The van der Waals surface area contributed by atoms with Crippen molar-refractivity contribution >= 4 is 0 Å². The lowest BCUT2D eigenvalue weighted by atomic mass is 9.75. The first kappa shape index (κ1) is 16.2. The molecule has 20 heavy (non-hydrogen) atoms.